The first-order valence-corrected chi connectivity index (χ1v) is 6.81. The number of phenolic OH excluding ortho intramolecular Hbond substituents is 1. The van der Waals surface area contributed by atoms with Crippen molar-refractivity contribution in [1.82, 2.24) is 0 Å². The molecule has 0 atom stereocenters. The molecule has 0 bridgehead atoms. The quantitative estimate of drug-likeness (QED) is 0.709. The van der Waals surface area contributed by atoms with E-state index in [2.05, 4.69) is 11.8 Å². The summed E-state index contributed by atoms with van der Waals surface area (Å²) in [4.78, 5) is 12.6. The number of hydrogen-bond donors (Lipinski definition) is 2. The van der Waals surface area contributed by atoms with Gasteiger partial charge in [-0.1, -0.05) is 12.5 Å². The van der Waals surface area contributed by atoms with E-state index in [0.717, 1.165) is 43.6 Å². The van der Waals surface area contributed by atoms with E-state index < -0.39 is 5.97 Å². The van der Waals surface area contributed by atoms with Crippen LogP contribution in [0, 0.1) is 6.92 Å². The monoisotopic (exact) mass is 265 g/mol. The lowest BCUT2D eigenvalue weighted by molar-refractivity contribution is -0.137. The van der Waals surface area contributed by atoms with Gasteiger partial charge >= 0.3 is 5.97 Å². The number of nitrogens with zero attached hydrogens (tertiary/aromatic N) is 1. The molecule has 0 aliphatic heterocycles. The molecule has 0 saturated heterocycles. The van der Waals surface area contributed by atoms with Gasteiger partial charge in [-0.25, -0.2) is 0 Å². The van der Waals surface area contributed by atoms with Crippen molar-refractivity contribution >= 4 is 11.7 Å². The highest BCUT2D eigenvalue weighted by molar-refractivity contribution is 5.66. The van der Waals surface area contributed by atoms with E-state index in [1.54, 1.807) is 12.1 Å². The maximum Gasteiger partial charge on any atom is 0.303 e. The van der Waals surface area contributed by atoms with Gasteiger partial charge in [0.15, 0.2) is 0 Å². The Hall–Kier alpha value is -1.71. The third kappa shape index (κ3) is 5.20. The van der Waals surface area contributed by atoms with Gasteiger partial charge in [-0.2, -0.15) is 0 Å². The average molecular weight is 265 g/mol. The molecule has 0 aromatic heterocycles. The minimum atomic E-state index is -0.726. The van der Waals surface area contributed by atoms with Crippen molar-refractivity contribution in [3.63, 3.8) is 0 Å². The molecule has 4 nitrogen and oxygen atoms in total. The van der Waals surface area contributed by atoms with Crippen LogP contribution in [-0.4, -0.2) is 29.3 Å². The largest absolute Gasteiger partial charge is 0.508 e. The first-order valence-electron chi connectivity index (χ1n) is 6.81. The van der Waals surface area contributed by atoms with Gasteiger partial charge in [0, 0.05) is 31.3 Å². The Kier molecular flexibility index (Phi) is 6.19. The molecule has 0 spiro atoms. The van der Waals surface area contributed by atoms with Gasteiger partial charge in [0.05, 0.1) is 0 Å². The summed E-state index contributed by atoms with van der Waals surface area (Å²) in [6, 6.07) is 5.40. The molecule has 0 amide bonds. The summed E-state index contributed by atoms with van der Waals surface area (Å²) in [5.41, 5.74) is 2.20. The number of rotatable bonds is 8. The molecule has 19 heavy (non-hydrogen) atoms. The Morgan fingerprint density at radius 3 is 2.63 bits per heavy atom. The van der Waals surface area contributed by atoms with E-state index in [1.807, 2.05) is 13.0 Å². The van der Waals surface area contributed by atoms with Crippen LogP contribution in [0.4, 0.5) is 5.69 Å². The minimum Gasteiger partial charge on any atom is -0.508 e. The van der Waals surface area contributed by atoms with Crippen molar-refractivity contribution in [1.29, 1.82) is 0 Å². The Balaban J connectivity index is 2.49. The van der Waals surface area contributed by atoms with Gasteiger partial charge in [-0.15, -0.1) is 0 Å². The third-order valence-electron chi connectivity index (χ3n) is 3.23. The zero-order chi connectivity index (χ0) is 14.3. The van der Waals surface area contributed by atoms with E-state index in [9.17, 15) is 9.90 Å². The van der Waals surface area contributed by atoms with Crippen molar-refractivity contribution in [2.24, 2.45) is 0 Å². The summed E-state index contributed by atoms with van der Waals surface area (Å²) in [6.45, 7) is 5.88. The number of aliphatic carboxylic acids is 1. The SMILES string of the molecule is CCN(CCCCCC(=O)O)c1cc(O)ccc1C. The Labute approximate surface area is 114 Å². The van der Waals surface area contributed by atoms with Crippen LogP contribution in [0.15, 0.2) is 18.2 Å². The van der Waals surface area contributed by atoms with Crippen molar-refractivity contribution in [3.05, 3.63) is 23.8 Å². The fourth-order valence-electron chi connectivity index (χ4n) is 2.14. The number of aryl methyl sites for hydroxylation is 1. The zero-order valence-corrected chi connectivity index (χ0v) is 11.7. The Morgan fingerprint density at radius 1 is 1.26 bits per heavy atom. The molecule has 0 fully saturated rings. The number of phenols is 1. The maximum absolute atomic E-state index is 10.4. The first-order chi connectivity index (χ1) is 9.04. The van der Waals surface area contributed by atoms with Crippen LogP contribution in [0.5, 0.6) is 5.75 Å². The van der Waals surface area contributed by atoms with E-state index in [0.29, 0.717) is 0 Å². The van der Waals surface area contributed by atoms with E-state index in [4.69, 9.17) is 5.11 Å². The molecular formula is C15H23NO3. The molecule has 2 N–H and O–H groups in total. The number of anilines is 1. The topological polar surface area (TPSA) is 60.8 Å². The molecule has 1 aromatic rings. The normalized spacial score (nSPS) is 10.4. The molecule has 0 aliphatic rings. The van der Waals surface area contributed by atoms with Gasteiger partial charge in [0.25, 0.3) is 0 Å². The number of benzene rings is 1. The number of unbranched alkanes of at least 4 members (excludes halogenated alkanes) is 2. The van der Waals surface area contributed by atoms with Crippen LogP contribution < -0.4 is 4.90 Å². The van der Waals surface area contributed by atoms with Crippen LogP contribution in [-0.2, 0) is 4.79 Å². The smallest absolute Gasteiger partial charge is 0.303 e. The second-order valence-electron chi connectivity index (χ2n) is 4.75. The fraction of sp³-hybridized carbons (Fsp3) is 0.533. The highest BCUT2D eigenvalue weighted by Gasteiger charge is 2.08. The number of carboxylic acids is 1. The number of carboxylic acid groups (broad SMARTS) is 1. The molecule has 1 aromatic carbocycles. The van der Waals surface area contributed by atoms with Gasteiger partial charge in [-0.3, -0.25) is 4.79 Å². The van der Waals surface area contributed by atoms with Crippen LogP contribution >= 0.6 is 0 Å². The Bertz CT molecular complexity index is 418. The standard InChI is InChI=1S/C15H23NO3/c1-3-16(10-6-4-5-7-15(18)19)14-11-13(17)9-8-12(14)2/h8-9,11,17H,3-7,10H2,1-2H3,(H,18,19). The number of carbonyl (C=O) groups is 1. The van der Waals surface area contributed by atoms with Crippen LogP contribution in [0.2, 0.25) is 0 Å². The van der Waals surface area contributed by atoms with Crippen molar-refractivity contribution in [2.45, 2.75) is 39.5 Å². The predicted octanol–water partition coefficient (Wildman–Crippen LogP) is 3.17. The lowest BCUT2D eigenvalue weighted by atomic mass is 10.1. The van der Waals surface area contributed by atoms with E-state index >= 15 is 0 Å². The minimum absolute atomic E-state index is 0.247. The maximum atomic E-state index is 10.4. The predicted molar refractivity (Wildman–Crippen MR) is 76.8 cm³/mol. The highest BCUT2D eigenvalue weighted by atomic mass is 16.4. The molecule has 1 rings (SSSR count). The summed E-state index contributed by atoms with van der Waals surface area (Å²) >= 11 is 0. The number of aromatic hydroxyl groups is 1. The Morgan fingerprint density at radius 2 is 2.00 bits per heavy atom. The van der Waals surface area contributed by atoms with Crippen LogP contribution in [0.3, 0.4) is 0 Å². The molecule has 0 saturated carbocycles. The van der Waals surface area contributed by atoms with Crippen molar-refractivity contribution in [2.75, 3.05) is 18.0 Å². The molecular weight excluding hydrogens is 242 g/mol. The second-order valence-corrected chi connectivity index (χ2v) is 4.75. The first kappa shape index (κ1) is 15.3. The lowest BCUT2D eigenvalue weighted by Gasteiger charge is -2.25. The summed E-state index contributed by atoms with van der Waals surface area (Å²) in [6.07, 6.45) is 2.86. The fourth-order valence-corrected chi connectivity index (χ4v) is 2.14. The highest BCUT2D eigenvalue weighted by Crippen LogP contribution is 2.25. The lowest BCUT2D eigenvalue weighted by Crippen LogP contribution is -2.24. The average Bonchev–Trinajstić information content (AvgIpc) is 2.37. The molecule has 4 heteroatoms. The molecule has 106 valence electrons. The van der Waals surface area contributed by atoms with Crippen LogP contribution in [0.25, 0.3) is 0 Å². The molecule has 0 aliphatic carbocycles. The van der Waals surface area contributed by atoms with Crippen molar-refractivity contribution in [3.8, 4) is 5.75 Å². The van der Waals surface area contributed by atoms with E-state index in [-0.39, 0.29) is 12.2 Å². The number of hydrogen-bond acceptors (Lipinski definition) is 3. The summed E-state index contributed by atoms with van der Waals surface area (Å²) in [5.74, 6) is -0.443. The van der Waals surface area contributed by atoms with Gasteiger partial charge in [0.1, 0.15) is 5.75 Å². The zero-order valence-electron chi connectivity index (χ0n) is 11.7. The summed E-state index contributed by atoms with van der Waals surface area (Å²) in [7, 11) is 0. The second kappa shape index (κ2) is 7.67. The van der Waals surface area contributed by atoms with Gasteiger partial charge < -0.3 is 15.1 Å². The third-order valence-corrected chi connectivity index (χ3v) is 3.23. The summed E-state index contributed by atoms with van der Waals surface area (Å²) < 4.78 is 0. The van der Waals surface area contributed by atoms with Crippen molar-refractivity contribution < 1.29 is 15.0 Å². The van der Waals surface area contributed by atoms with Gasteiger partial charge in [0.2, 0.25) is 0 Å². The summed E-state index contributed by atoms with van der Waals surface area (Å²) in [5, 5.41) is 18.1. The van der Waals surface area contributed by atoms with E-state index in [1.165, 1.54) is 0 Å². The molecule has 0 heterocycles. The van der Waals surface area contributed by atoms with Crippen LogP contribution in [0.1, 0.15) is 38.2 Å². The molecule has 0 radical (unpaired) electrons. The molecule has 0 unspecified atom stereocenters. The van der Waals surface area contributed by atoms with Gasteiger partial charge in [-0.05, 0) is 38.3 Å².